The molecule has 0 aromatic carbocycles. The van der Waals surface area contributed by atoms with E-state index in [0.717, 1.165) is 0 Å². The van der Waals surface area contributed by atoms with Gasteiger partial charge in [-0.25, -0.2) is 4.79 Å². The molecule has 0 aromatic rings. The lowest BCUT2D eigenvalue weighted by Gasteiger charge is -2.33. The molecule has 0 radical (unpaired) electrons. The fourth-order valence-electron chi connectivity index (χ4n) is 1.77. The predicted octanol–water partition coefficient (Wildman–Crippen LogP) is 0.189. The monoisotopic (exact) mass is 254 g/mol. The van der Waals surface area contributed by atoms with E-state index in [-0.39, 0.29) is 12.6 Å². The molecule has 2 amide bonds. The normalized spacial score (nSPS) is 19.3. The summed E-state index contributed by atoms with van der Waals surface area (Å²) < 4.78 is 5.15. The molecule has 100 valence electrons. The minimum Gasteiger partial charge on any atom is -0.481 e. The van der Waals surface area contributed by atoms with Crippen molar-refractivity contribution in [3.8, 4) is 12.3 Å². The molecule has 6 heteroatoms. The van der Waals surface area contributed by atoms with E-state index in [2.05, 4.69) is 16.6 Å². The average Bonchev–Trinajstić information content (AvgIpc) is 2.37. The van der Waals surface area contributed by atoms with Crippen molar-refractivity contribution in [1.82, 2.24) is 10.6 Å². The van der Waals surface area contributed by atoms with Gasteiger partial charge in [0, 0.05) is 19.8 Å². The van der Waals surface area contributed by atoms with Crippen LogP contribution in [0.1, 0.15) is 19.8 Å². The van der Waals surface area contributed by atoms with Gasteiger partial charge in [-0.05, 0) is 19.8 Å². The highest BCUT2D eigenvalue weighted by molar-refractivity contribution is 5.78. The molecule has 1 fully saturated rings. The van der Waals surface area contributed by atoms with Crippen LogP contribution in [-0.2, 0) is 9.53 Å². The molecule has 1 saturated heterocycles. The third kappa shape index (κ3) is 3.64. The number of ether oxygens (including phenoxy) is 1. The first kappa shape index (κ1) is 14.3. The van der Waals surface area contributed by atoms with E-state index in [9.17, 15) is 14.7 Å². The van der Waals surface area contributed by atoms with Gasteiger partial charge in [-0.2, -0.15) is 0 Å². The van der Waals surface area contributed by atoms with Gasteiger partial charge in [0.15, 0.2) is 0 Å². The summed E-state index contributed by atoms with van der Waals surface area (Å²) in [7, 11) is 0. The lowest BCUT2D eigenvalue weighted by atomic mass is 9.80. The van der Waals surface area contributed by atoms with Crippen LogP contribution < -0.4 is 10.6 Å². The van der Waals surface area contributed by atoms with Crippen LogP contribution >= 0.6 is 0 Å². The maximum Gasteiger partial charge on any atom is 0.315 e. The molecule has 3 N–H and O–H groups in total. The Kier molecular flexibility index (Phi) is 4.98. The lowest BCUT2D eigenvalue weighted by molar-refractivity contribution is -0.154. The number of carboxylic acids is 1. The SMILES string of the molecule is C#CC(C)NC(=O)NCC1(C(=O)O)CCOCC1. The van der Waals surface area contributed by atoms with Crippen LogP contribution in [0.2, 0.25) is 0 Å². The van der Waals surface area contributed by atoms with Crippen LogP contribution in [0, 0.1) is 17.8 Å². The molecule has 1 heterocycles. The second kappa shape index (κ2) is 6.26. The largest absolute Gasteiger partial charge is 0.481 e. The van der Waals surface area contributed by atoms with Gasteiger partial charge in [0.05, 0.1) is 11.5 Å². The number of aliphatic carboxylic acids is 1. The summed E-state index contributed by atoms with van der Waals surface area (Å²) >= 11 is 0. The zero-order chi connectivity index (χ0) is 13.6. The second-order valence-corrected chi connectivity index (χ2v) is 4.41. The number of hydrogen-bond donors (Lipinski definition) is 3. The Morgan fingerprint density at radius 2 is 2.11 bits per heavy atom. The van der Waals surface area contributed by atoms with Gasteiger partial charge < -0.3 is 20.5 Å². The van der Waals surface area contributed by atoms with Crippen molar-refractivity contribution in [2.45, 2.75) is 25.8 Å². The van der Waals surface area contributed by atoms with E-state index in [1.165, 1.54) is 0 Å². The van der Waals surface area contributed by atoms with Crippen molar-refractivity contribution in [3.63, 3.8) is 0 Å². The second-order valence-electron chi connectivity index (χ2n) is 4.41. The fourth-order valence-corrected chi connectivity index (χ4v) is 1.77. The minimum absolute atomic E-state index is 0.0782. The molecule has 1 atom stereocenters. The molecule has 0 aromatic heterocycles. The number of urea groups is 1. The summed E-state index contributed by atoms with van der Waals surface area (Å²) in [6, 6.07) is -0.840. The maximum atomic E-state index is 11.5. The molecule has 1 rings (SSSR count). The molecule has 6 nitrogen and oxygen atoms in total. The van der Waals surface area contributed by atoms with Crippen LogP contribution in [0.5, 0.6) is 0 Å². The summed E-state index contributed by atoms with van der Waals surface area (Å²) in [5.74, 6) is 1.45. The molecule has 18 heavy (non-hydrogen) atoms. The number of hydrogen-bond acceptors (Lipinski definition) is 3. The molecule has 0 bridgehead atoms. The van der Waals surface area contributed by atoms with Crippen LogP contribution in [0.4, 0.5) is 4.79 Å². The molecular weight excluding hydrogens is 236 g/mol. The van der Waals surface area contributed by atoms with E-state index >= 15 is 0 Å². The van der Waals surface area contributed by atoms with Gasteiger partial charge in [-0.1, -0.05) is 5.92 Å². The maximum absolute atomic E-state index is 11.5. The van der Waals surface area contributed by atoms with Gasteiger partial charge in [0.2, 0.25) is 0 Å². The van der Waals surface area contributed by atoms with Gasteiger partial charge in [-0.3, -0.25) is 4.79 Å². The Morgan fingerprint density at radius 1 is 1.50 bits per heavy atom. The summed E-state index contributed by atoms with van der Waals surface area (Å²) in [4.78, 5) is 22.8. The highest BCUT2D eigenvalue weighted by Crippen LogP contribution is 2.29. The number of nitrogens with one attached hydrogen (secondary N) is 2. The van der Waals surface area contributed by atoms with Gasteiger partial charge in [0.25, 0.3) is 0 Å². The molecule has 1 aliphatic heterocycles. The van der Waals surface area contributed by atoms with Crippen molar-refractivity contribution in [2.75, 3.05) is 19.8 Å². The molecule has 0 aliphatic carbocycles. The molecule has 0 spiro atoms. The fraction of sp³-hybridized carbons (Fsp3) is 0.667. The first-order valence-electron chi connectivity index (χ1n) is 5.82. The highest BCUT2D eigenvalue weighted by Gasteiger charge is 2.40. The lowest BCUT2D eigenvalue weighted by Crippen LogP contribution is -2.49. The van der Waals surface area contributed by atoms with Crippen molar-refractivity contribution in [2.24, 2.45) is 5.41 Å². The number of rotatable bonds is 4. The van der Waals surface area contributed by atoms with Crippen molar-refractivity contribution < 1.29 is 19.4 Å². The van der Waals surface area contributed by atoms with Gasteiger partial charge in [-0.15, -0.1) is 6.42 Å². The number of amides is 2. The minimum atomic E-state index is -0.936. The van der Waals surface area contributed by atoms with E-state index < -0.39 is 17.4 Å². The Morgan fingerprint density at radius 3 is 2.61 bits per heavy atom. The Balaban J connectivity index is 2.50. The summed E-state index contributed by atoms with van der Waals surface area (Å²) in [5, 5.41) is 14.3. The van der Waals surface area contributed by atoms with E-state index in [4.69, 9.17) is 11.2 Å². The smallest absolute Gasteiger partial charge is 0.315 e. The van der Waals surface area contributed by atoms with Gasteiger partial charge >= 0.3 is 12.0 Å². The first-order chi connectivity index (χ1) is 8.50. The number of terminal acetylenes is 1. The van der Waals surface area contributed by atoms with Crippen molar-refractivity contribution >= 4 is 12.0 Å². The van der Waals surface area contributed by atoms with Crippen LogP contribution in [0.15, 0.2) is 0 Å². The number of carbonyl (C=O) groups is 2. The number of carbonyl (C=O) groups excluding carboxylic acids is 1. The topological polar surface area (TPSA) is 87.7 Å². The third-order valence-corrected chi connectivity index (χ3v) is 3.09. The van der Waals surface area contributed by atoms with Crippen LogP contribution in [0.3, 0.4) is 0 Å². The zero-order valence-electron chi connectivity index (χ0n) is 10.4. The molecule has 1 unspecified atom stereocenters. The number of carboxylic acid groups (broad SMARTS) is 1. The predicted molar refractivity (Wildman–Crippen MR) is 65.0 cm³/mol. The Labute approximate surface area is 106 Å². The van der Waals surface area contributed by atoms with E-state index in [1.54, 1.807) is 6.92 Å². The molecule has 1 aliphatic rings. The Bertz CT molecular complexity index is 356. The van der Waals surface area contributed by atoms with E-state index in [1.807, 2.05) is 0 Å². The Hall–Kier alpha value is -1.74. The summed E-state index contributed by atoms with van der Waals surface area (Å²) in [5.41, 5.74) is -0.936. The van der Waals surface area contributed by atoms with Crippen molar-refractivity contribution in [1.29, 1.82) is 0 Å². The third-order valence-electron chi connectivity index (χ3n) is 3.09. The quantitative estimate of drug-likeness (QED) is 0.625. The van der Waals surface area contributed by atoms with E-state index in [0.29, 0.717) is 26.1 Å². The summed E-state index contributed by atoms with van der Waals surface area (Å²) in [6.07, 6.45) is 5.92. The van der Waals surface area contributed by atoms with Crippen LogP contribution in [-0.4, -0.2) is 42.9 Å². The molecular formula is C12H18N2O4. The average molecular weight is 254 g/mol. The summed E-state index contributed by atoms with van der Waals surface area (Å²) in [6.45, 7) is 2.54. The van der Waals surface area contributed by atoms with Gasteiger partial charge in [0.1, 0.15) is 0 Å². The van der Waals surface area contributed by atoms with Crippen LogP contribution in [0.25, 0.3) is 0 Å². The first-order valence-corrected chi connectivity index (χ1v) is 5.82. The zero-order valence-corrected chi connectivity index (χ0v) is 10.4. The highest BCUT2D eigenvalue weighted by atomic mass is 16.5. The standard InChI is InChI=1S/C12H18N2O4/c1-3-9(2)14-11(17)13-8-12(10(15)16)4-6-18-7-5-12/h1,9H,4-8H2,2H3,(H,15,16)(H2,13,14,17). The molecule has 0 saturated carbocycles. The van der Waals surface area contributed by atoms with Crippen molar-refractivity contribution in [3.05, 3.63) is 0 Å².